The van der Waals surface area contributed by atoms with Crippen molar-refractivity contribution in [3.8, 4) is 17.6 Å². The molecule has 3 aliphatic rings. The van der Waals surface area contributed by atoms with Crippen LogP contribution in [0, 0.1) is 11.8 Å². The summed E-state index contributed by atoms with van der Waals surface area (Å²) in [7, 11) is 9.37. The number of carbonyl (C=O) groups is 5. The number of ketones is 2. The van der Waals surface area contributed by atoms with Crippen LogP contribution in [0.2, 0.25) is 0 Å². The highest BCUT2D eigenvalue weighted by Crippen LogP contribution is 2.43. The van der Waals surface area contributed by atoms with Crippen molar-refractivity contribution in [2.45, 2.75) is 148 Å². The molecule has 33 heteroatoms. The average molecular weight is 1410 g/mol. The number of carboxylic acid groups (broad SMARTS) is 1. The van der Waals surface area contributed by atoms with Crippen molar-refractivity contribution in [3.05, 3.63) is 108 Å². The number of amides is 2. The first-order chi connectivity index (χ1) is 48.0. The zero-order chi connectivity index (χ0) is 74.4. The van der Waals surface area contributed by atoms with Gasteiger partial charge in [0.15, 0.2) is 28.5 Å². The summed E-state index contributed by atoms with van der Waals surface area (Å²) in [5.41, 5.74) is 4.97. The van der Waals surface area contributed by atoms with Crippen LogP contribution in [0.4, 0.5) is 61.6 Å². The van der Waals surface area contributed by atoms with Gasteiger partial charge < -0.3 is 71.1 Å². The summed E-state index contributed by atoms with van der Waals surface area (Å²) in [6.45, 7) is 15.9. The minimum Gasteiger partial charge on any atom is -0.480 e. The van der Waals surface area contributed by atoms with E-state index in [0.717, 1.165) is 32.1 Å². The van der Waals surface area contributed by atoms with Gasteiger partial charge in [-0.1, -0.05) is 0 Å². The Kier molecular flexibility index (Phi) is 22.5. The molecule has 544 valence electrons. The lowest BCUT2D eigenvalue weighted by Crippen LogP contribution is -2.54. The zero-order valence-corrected chi connectivity index (χ0v) is 59.8. The third-order valence-electron chi connectivity index (χ3n) is 17.5. The Bertz CT molecular complexity index is 4540. The molecule has 10 N–H and O–H groups in total. The van der Waals surface area contributed by atoms with Gasteiger partial charge in [-0.25, -0.2) is 44.3 Å². The van der Waals surface area contributed by atoms with Gasteiger partial charge in [0.2, 0.25) is 17.6 Å². The molecule has 6 atom stereocenters. The molecule has 33 nitrogen and oxygen atoms in total. The molecule has 0 spiro atoms. The highest BCUT2D eigenvalue weighted by molar-refractivity contribution is 6.03. The van der Waals surface area contributed by atoms with E-state index in [2.05, 4.69) is 66.5 Å². The number of anilines is 9. The summed E-state index contributed by atoms with van der Waals surface area (Å²) < 4.78 is 31.1. The number of ether oxygens (including phenoxy) is 5. The Morgan fingerprint density at radius 2 is 0.902 bits per heavy atom. The van der Waals surface area contributed by atoms with Crippen molar-refractivity contribution >= 4 is 98.6 Å². The monoisotopic (exact) mass is 1410 g/mol. The van der Waals surface area contributed by atoms with E-state index < -0.39 is 46.2 Å². The van der Waals surface area contributed by atoms with Gasteiger partial charge in [0.05, 0.1) is 67.8 Å². The molecule has 9 heterocycles. The molecule has 12 rings (SSSR count). The number of fused-ring (bicyclic) bond motifs is 3. The molecule has 3 fully saturated rings. The summed E-state index contributed by atoms with van der Waals surface area (Å²) in [6, 6.07) is 15.6. The van der Waals surface area contributed by atoms with Crippen molar-refractivity contribution in [3.63, 3.8) is 0 Å². The Morgan fingerprint density at radius 3 is 1.21 bits per heavy atom. The molecule has 102 heavy (non-hydrogen) atoms. The van der Waals surface area contributed by atoms with E-state index in [0.29, 0.717) is 81.2 Å². The number of nitrogens with two attached hydrogens (primary N) is 1. The number of nitrogens with one attached hydrogen (secondary N) is 4. The number of hydrogen-bond acceptors (Lipinski definition) is 27. The number of rotatable bonds is 19. The Morgan fingerprint density at radius 1 is 0.559 bits per heavy atom. The lowest BCUT2D eigenvalue weighted by molar-refractivity contribution is -0.0775. The first-order valence-corrected chi connectivity index (χ1v) is 32.8. The largest absolute Gasteiger partial charge is 0.480 e. The van der Waals surface area contributed by atoms with Gasteiger partial charge in [-0.3, -0.25) is 19.4 Å². The molecule has 9 aromatic rings. The van der Waals surface area contributed by atoms with Crippen LogP contribution in [0.25, 0.3) is 16.9 Å². The molecule has 3 saturated carbocycles. The van der Waals surface area contributed by atoms with Crippen LogP contribution in [0.15, 0.2) is 91.8 Å². The lowest BCUT2D eigenvalue weighted by Gasteiger charge is -2.42. The van der Waals surface area contributed by atoms with Crippen molar-refractivity contribution in [1.29, 1.82) is 0 Å². The van der Waals surface area contributed by atoms with E-state index in [1.54, 1.807) is 155 Å². The fraction of sp³-hybridized carbons (Fsp3) is 0.449. The van der Waals surface area contributed by atoms with Crippen molar-refractivity contribution < 1.29 is 68.1 Å². The molecule has 0 radical (unpaired) electrons. The topological polar surface area (TPSA) is 422 Å². The summed E-state index contributed by atoms with van der Waals surface area (Å²) in [6.07, 6.45) is 13.1. The van der Waals surface area contributed by atoms with E-state index >= 15 is 0 Å². The van der Waals surface area contributed by atoms with Gasteiger partial charge in [0.1, 0.15) is 68.7 Å². The van der Waals surface area contributed by atoms with Gasteiger partial charge in [0, 0.05) is 76.8 Å². The Balaban J connectivity index is 0.000000170. The predicted molar refractivity (Wildman–Crippen MR) is 379 cm³/mol. The molecular formula is C69H89N19O14. The summed E-state index contributed by atoms with van der Waals surface area (Å²) in [4.78, 5) is 91.8. The van der Waals surface area contributed by atoms with Gasteiger partial charge in [0.25, 0.3) is 0 Å². The normalized spacial score (nSPS) is 19.6. The number of aliphatic hydroxyl groups is 3. The van der Waals surface area contributed by atoms with Gasteiger partial charge in [-0.2, -0.15) is 28.8 Å². The number of Topliss-reactive ketones (excluding diaryl/α,β-unsaturated/α-hetero) is 2. The van der Waals surface area contributed by atoms with E-state index in [9.17, 15) is 39.3 Å². The zero-order valence-electron chi connectivity index (χ0n) is 59.8. The first kappa shape index (κ1) is 75.3. The SMILES string of the molecule is CNc1cc(Nc2cccnc2OC)nc2c(C(=O)CC3CC[C@@]3(C)O)cnn12.COc1ncccc1Nc1cc(N(C)C(=O)OC(C)(C)C)n2ncc(C(=O)CC3CC[C@@]3(C)O)c2n1.COc1ncccc1Nc1cc(N(C)C(=O)OC(C)(C)C)n2ncc(C(=O)O)c2n1.C[C@@]1(O)CC[C@@H]1N. The fourth-order valence-electron chi connectivity index (χ4n) is 11.0. The fourth-order valence-corrected chi connectivity index (χ4v) is 11.0. The van der Waals surface area contributed by atoms with Gasteiger partial charge in [-0.05, 0) is 149 Å². The molecule has 2 unspecified atom stereocenters. The lowest BCUT2D eigenvalue weighted by atomic mass is 9.68. The standard InChI is InChI=1S/C25H32N6O5.C20H24N6O3.C19H22N6O5.C5H11NO/c1-24(2,3)36-23(33)30(5)20-13-19(28-17-8-7-11-26-22(17)35-6)29-21-16(14-27-31(20)21)18(32)12-15-9-10-25(15,4)34;1-20(28)7-6-12(20)9-15(27)13-11-23-26-17(21-2)10-16(25-18(13)26)24-14-5-4-8-22-19(14)29-3;1-19(2,3)30-18(28)24(4)14-9-13(22-12-7-6-8-20-16(12)29-5)23-15-11(17(26)27)10-21-25(14)15;1-5(7)3-2-4(5)6/h7-8,11,13-15,34H,9-10,12H2,1-6H3,(H,28,29);4-5,8,10-12,21,28H,6-7,9H2,1-3H3,(H,24,25);6-10H,1-5H3,(H,22,23)(H,26,27);4,7H,2-3,6H2,1H3/t15?,25-;12?,20-;;4-,5+/m11.0/s1. The van der Waals surface area contributed by atoms with Crippen LogP contribution in [-0.4, -0.2) is 185 Å². The van der Waals surface area contributed by atoms with Crippen LogP contribution in [0.1, 0.15) is 145 Å². The quantitative estimate of drug-likeness (QED) is 0.0340. The third-order valence-corrected chi connectivity index (χ3v) is 17.5. The molecule has 0 bridgehead atoms. The van der Waals surface area contributed by atoms with Gasteiger partial charge >= 0.3 is 18.2 Å². The minimum absolute atomic E-state index is 0.0327. The predicted octanol–water partition coefficient (Wildman–Crippen LogP) is 9.44. The summed E-state index contributed by atoms with van der Waals surface area (Å²) >= 11 is 0. The van der Waals surface area contributed by atoms with Crippen molar-refractivity contribution in [1.82, 2.24) is 58.7 Å². The maximum atomic E-state index is 13.2. The second-order valence-electron chi connectivity index (χ2n) is 27.5. The Hall–Kier alpha value is -10.9. The molecular weight excluding hydrogens is 1320 g/mol. The number of nitrogens with zero attached hydrogens (tertiary/aromatic N) is 14. The summed E-state index contributed by atoms with van der Waals surface area (Å²) in [5, 5.41) is 64.4. The number of carbonyl (C=O) groups excluding carboxylic acids is 4. The van der Waals surface area contributed by atoms with Crippen LogP contribution < -0.4 is 51.0 Å². The number of carboxylic acids is 1. The number of aromatic nitrogens is 12. The second kappa shape index (κ2) is 30.5. The third kappa shape index (κ3) is 17.4. The van der Waals surface area contributed by atoms with Gasteiger partial charge in [-0.15, -0.1) is 0 Å². The first-order valence-electron chi connectivity index (χ1n) is 32.8. The smallest absolute Gasteiger partial charge is 0.415 e. The number of aromatic carboxylic acids is 1. The van der Waals surface area contributed by atoms with Crippen LogP contribution in [0.5, 0.6) is 17.6 Å². The number of hydrogen-bond donors (Lipinski definition) is 9. The van der Waals surface area contributed by atoms with E-state index in [-0.39, 0.29) is 70.8 Å². The van der Waals surface area contributed by atoms with E-state index in [1.807, 2.05) is 6.07 Å². The second-order valence-corrected chi connectivity index (χ2v) is 27.5. The van der Waals surface area contributed by atoms with Crippen molar-refractivity contribution in [2.75, 3.05) is 73.5 Å². The number of pyridine rings is 3. The van der Waals surface area contributed by atoms with E-state index in [1.165, 1.54) is 58.7 Å². The highest BCUT2D eigenvalue weighted by atomic mass is 16.6. The Labute approximate surface area is 588 Å². The molecule has 0 saturated heterocycles. The molecule has 3 aliphatic carbocycles. The molecule has 0 aliphatic heterocycles. The van der Waals surface area contributed by atoms with Crippen LogP contribution in [0.3, 0.4) is 0 Å². The summed E-state index contributed by atoms with van der Waals surface area (Å²) in [5.74, 6) is 1.95. The minimum atomic E-state index is -1.19. The van der Waals surface area contributed by atoms with Crippen LogP contribution >= 0.6 is 0 Å². The van der Waals surface area contributed by atoms with Crippen molar-refractivity contribution in [2.24, 2.45) is 17.6 Å². The maximum absolute atomic E-state index is 13.2. The highest BCUT2D eigenvalue weighted by Gasteiger charge is 2.44. The maximum Gasteiger partial charge on any atom is 0.415 e. The average Bonchev–Trinajstić information content (AvgIpc) is 1.60. The van der Waals surface area contributed by atoms with E-state index in [4.69, 9.17) is 34.5 Å². The molecule has 2 amide bonds. The molecule has 0 aromatic carbocycles. The number of methoxy groups -OCH3 is 3. The molecule has 9 aromatic heterocycles. The van der Waals surface area contributed by atoms with Crippen LogP contribution in [-0.2, 0) is 9.47 Å².